The molecule has 0 atom stereocenters. The van der Waals surface area contributed by atoms with Gasteiger partial charge >= 0.3 is 0 Å². The molecule has 5 rings (SSSR count). The first-order valence-corrected chi connectivity index (χ1v) is 10.5. The first-order valence-electron chi connectivity index (χ1n) is 10.5. The van der Waals surface area contributed by atoms with E-state index in [1.165, 1.54) is 17.1 Å². The number of aryl methyl sites for hydroxylation is 1. The molecule has 0 radical (unpaired) electrons. The van der Waals surface area contributed by atoms with Crippen LogP contribution in [0.25, 0.3) is 17.3 Å². The van der Waals surface area contributed by atoms with Crippen LogP contribution in [0.1, 0.15) is 5.56 Å². The average Bonchev–Trinajstić information content (AvgIpc) is 3.17. The molecule has 0 saturated carbocycles. The summed E-state index contributed by atoms with van der Waals surface area (Å²) in [6.07, 6.45) is 1.74. The number of likely N-dealkylation sites (N-methyl/N-ethyl adjacent to an activating group) is 1. The van der Waals surface area contributed by atoms with Gasteiger partial charge in [0.2, 0.25) is 0 Å². The van der Waals surface area contributed by atoms with Crippen LogP contribution in [-0.2, 0) is 0 Å². The van der Waals surface area contributed by atoms with E-state index in [0.717, 1.165) is 37.4 Å². The summed E-state index contributed by atoms with van der Waals surface area (Å²) >= 11 is 0. The van der Waals surface area contributed by atoms with Crippen molar-refractivity contribution in [3.63, 3.8) is 0 Å². The Hall–Kier alpha value is -3.52. The number of H-pyrrole nitrogens is 1. The SMILES string of the molecule is C=C1C=c2[nH]nc(-c3cc(N4CCN(C)CC4)ccc3F)c2=NN1c1c(C)cccc1F. The van der Waals surface area contributed by atoms with Crippen molar-refractivity contribution in [3.05, 3.63) is 76.6 Å². The zero-order valence-corrected chi connectivity index (χ0v) is 18.1. The van der Waals surface area contributed by atoms with Crippen molar-refractivity contribution >= 4 is 17.5 Å². The molecule has 8 heteroatoms. The number of halogens is 2. The van der Waals surface area contributed by atoms with Gasteiger partial charge in [-0.05, 0) is 49.9 Å². The topological polar surface area (TPSA) is 50.8 Å². The van der Waals surface area contributed by atoms with Crippen molar-refractivity contribution < 1.29 is 8.78 Å². The van der Waals surface area contributed by atoms with Crippen LogP contribution in [0.5, 0.6) is 0 Å². The molecular weight excluding hydrogens is 410 g/mol. The molecule has 0 spiro atoms. The minimum absolute atomic E-state index is 0.318. The molecular formula is C24H24F2N6. The van der Waals surface area contributed by atoms with Crippen LogP contribution in [0.4, 0.5) is 20.2 Å². The minimum Gasteiger partial charge on any atom is -0.369 e. The largest absolute Gasteiger partial charge is 0.369 e. The Kier molecular flexibility index (Phi) is 5.01. The Morgan fingerprint density at radius 1 is 1.03 bits per heavy atom. The second-order valence-electron chi connectivity index (χ2n) is 8.24. The summed E-state index contributed by atoms with van der Waals surface area (Å²) in [4.78, 5) is 4.51. The van der Waals surface area contributed by atoms with E-state index in [0.29, 0.717) is 33.3 Å². The third kappa shape index (κ3) is 3.46. The summed E-state index contributed by atoms with van der Waals surface area (Å²) in [7, 11) is 2.10. The van der Waals surface area contributed by atoms with Crippen LogP contribution in [0.2, 0.25) is 0 Å². The number of piperazine rings is 1. The maximum Gasteiger partial charge on any atom is 0.149 e. The van der Waals surface area contributed by atoms with Crippen molar-refractivity contribution in [1.82, 2.24) is 15.1 Å². The van der Waals surface area contributed by atoms with Gasteiger partial charge in [0.25, 0.3) is 0 Å². The Morgan fingerprint density at radius 3 is 2.56 bits per heavy atom. The van der Waals surface area contributed by atoms with E-state index in [4.69, 9.17) is 0 Å². The Morgan fingerprint density at radius 2 is 1.81 bits per heavy atom. The minimum atomic E-state index is -0.403. The molecule has 2 aromatic carbocycles. The molecule has 1 aromatic heterocycles. The number of rotatable bonds is 3. The highest BCUT2D eigenvalue weighted by atomic mass is 19.1. The Labute approximate surface area is 184 Å². The highest BCUT2D eigenvalue weighted by Gasteiger charge is 2.22. The molecule has 0 bridgehead atoms. The van der Waals surface area contributed by atoms with Gasteiger partial charge < -0.3 is 9.80 Å². The molecule has 2 aliphatic heterocycles. The monoisotopic (exact) mass is 434 g/mol. The van der Waals surface area contributed by atoms with Crippen LogP contribution >= 0.6 is 0 Å². The number of hydrogen-bond acceptors (Lipinski definition) is 5. The predicted molar refractivity (Wildman–Crippen MR) is 122 cm³/mol. The predicted octanol–water partition coefficient (Wildman–Crippen LogP) is 2.76. The number of hydrogen-bond donors (Lipinski definition) is 1. The highest BCUT2D eigenvalue weighted by Crippen LogP contribution is 2.29. The fraction of sp³-hybridized carbons (Fsp3) is 0.250. The smallest absolute Gasteiger partial charge is 0.149 e. The third-order valence-corrected chi connectivity index (χ3v) is 6.02. The Balaban J connectivity index is 1.61. The van der Waals surface area contributed by atoms with Gasteiger partial charge in [0.15, 0.2) is 0 Å². The summed E-state index contributed by atoms with van der Waals surface area (Å²) in [5.41, 5.74) is 3.22. The number of nitrogens with one attached hydrogen (secondary N) is 1. The zero-order chi connectivity index (χ0) is 22.4. The molecule has 1 fully saturated rings. The van der Waals surface area contributed by atoms with E-state index in [-0.39, 0.29) is 5.82 Å². The first kappa shape index (κ1) is 20.4. The van der Waals surface area contributed by atoms with Crippen LogP contribution in [-0.4, -0.2) is 48.3 Å². The number of allylic oxidation sites excluding steroid dienone is 1. The number of benzene rings is 2. The van der Waals surface area contributed by atoms with Crippen LogP contribution in [0, 0.1) is 18.6 Å². The molecule has 6 nitrogen and oxygen atoms in total. The van der Waals surface area contributed by atoms with Crippen molar-refractivity contribution in [3.8, 4) is 11.3 Å². The fourth-order valence-electron chi connectivity index (χ4n) is 4.17. The van der Waals surface area contributed by atoms with Gasteiger partial charge in [0.05, 0.1) is 11.0 Å². The van der Waals surface area contributed by atoms with Crippen molar-refractivity contribution in [2.75, 3.05) is 43.1 Å². The van der Waals surface area contributed by atoms with E-state index >= 15 is 0 Å². The lowest BCUT2D eigenvalue weighted by atomic mass is 10.1. The maximum atomic E-state index is 14.9. The Bertz CT molecular complexity index is 1300. The molecule has 3 aromatic rings. The number of para-hydroxylation sites is 1. The molecule has 0 aliphatic carbocycles. The molecule has 2 aliphatic rings. The van der Waals surface area contributed by atoms with Crippen molar-refractivity contribution in [2.24, 2.45) is 5.10 Å². The van der Waals surface area contributed by atoms with Gasteiger partial charge in [-0.2, -0.15) is 10.2 Å². The fourth-order valence-corrected chi connectivity index (χ4v) is 4.17. The molecule has 164 valence electrons. The van der Waals surface area contributed by atoms with Crippen LogP contribution in [0.15, 0.2) is 53.8 Å². The summed E-state index contributed by atoms with van der Waals surface area (Å²) in [5.74, 6) is -0.787. The number of aromatic amines is 1. The molecule has 0 amide bonds. The lowest BCUT2D eigenvalue weighted by Gasteiger charge is -2.34. The molecule has 0 unspecified atom stereocenters. The maximum absolute atomic E-state index is 14.9. The number of nitrogens with zero attached hydrogens (tertiary/aromatic N) is 5. The quantitative estimate of drug-likeness (QED) is 0.689. The van der Waals surface area contributed by atoms with Crippen LogP contribution < -0.4 is 20.6 Å². The summed E-state index contributed by atoms with van der Waals surface area (Å²) in [6, 6.07) is 9.92. The van der Waals surface area contributed by atoms with E-state index in [1.54, 1.807) is 18.2 Å². The molecule has 3 heterocycles. The van der Waals surface area contributed by atoms with E-state index in [2.05, 4.69) is 38.7 Å². The van der Waals surface area contributed by atoms with Gasteiger partial charge in [-0.15, -0.1) is 0 Å². The van der Waals surface area contributed by atoms with E-state index in [1.807, 2.05) is 19.1 Å². The number of anilines is 2. The standard InChI is InChI=1S/C24H24F2N6/c1-15-5-4-6-20(26)24(15)32-16(2)13-21-23(29-32)22(28-27-21)18-14-17(7-8-19(18)25)31-11-9-30(3)10-12-31/h4-8,13-14,27H,2,9-12H2,1,3H3. The van der Waals surface area contributed by atoms with Crippen molar-refractivity contribution in [2.45, 2.75) is 6.92 Å². The van der Waals surface area contributed by atoms with Gasteiger partial charge in [0, 0.05) is 37.4 Å². The molecule has 1 saturated heterocycles. The van der Waals surface area contributed by atoms with Crippen molar-refractivity contribution in [1.29, 1.82) is 0 Å². The first-order chi connectivity index (χ1) is 15.4. The number of aromatic nitrogens is 2. The zero-order valence-electron chi connectivity index (χ0n) is 18.1. The second-order valence-corrected chi connectivity index (χ2v) is 8.24. The van der Waals surface area contributed by atoms with Gasteiger partial charge in [-0.25, -0.2) is 13.8 Å². The highest BCUT2D eigenvalue weighted by molar-refractivity contribution is 5.70. The lowest BCUT2D eigenvalue weighted by Crippen LogP contribution is -2.44. The van der Waals surface area contributed by atoms with E-state index < -0.39 is 5.82 Å². The lowest BCUT2D eigenvalue weighted by molar-refractivity contribution is 0.313. The third-order valence-electron chi connectivity index (χ3n) is 6.02. The molecule has 1 N–H and O–H groups in total. The summed E-state index contributed by atoms with van der Waals surface area (Å²) in [6.45, 7) is 9.47. The number of fused-ring (bicyclic) bond motifs is 1. The van der Waals surface area contributed by atoms with E-state index in [9.17, 15) is 8.78 Å². The normalized spacial score (nSPS) is 16.6. The van der Waals surface area contributed by atoms with Gasteiger partial charge in [-0.3, -0.25) is 5.10 Å². The van der Waals surface area contributed by atoms with Crippen LogP contribution in [0.3, 0.4) is 0 Å². The van der Waals surface area contributed by atoms with Gasteiger partial charge in [-0.1, -0.05) is 18.7 Å². The average molecular weight is 434 g/mol. The second kappa shape index (κ2) is 7.87. The van der Waals surface area contributed by atoms with Gasteiger partial charge in [0.1, 0.15) is 28.4 Å². The summed E-state index contributed by atoms with van der Waals surface area (Å²) < 4.78 is 29.6. The summed E-state index contributed by atoms with van der Waals surface area (Å²) in [5, 5.41) is 14.4. The molecule has 32 heavy (non-hydrogen) atoms.